The molecule has 2 aromatic rings. The summed E-state index contributed by atoms with van der Waals surface area (Å²) < 4.78 is 0. The molecule has 5 rings (SSSR count). The lowest BCUT2D eigenvalue weighted by atomic mass is 9.65. The summed E-state index contributed by atoms with van der Waals surface area (Å²) in [6.07, 6.45) is 2.59. The highest BCUT2D eigenvalue weighted by Crippen LogP contribution is 2.49. The van der Waals surface area contributed by atoms with E-state index in [0.29, 0.717) is 35.1 Å². The second kappa shape index (κ2) is 5.98. The minimum absolute atomic E-state index is 0.0642. The van der Waals surface area contributed by atoms with E-state index in [1.807, 2.05) is 30.3 Å². The molecule has 0 saturated heterocycles. The van der Waals surface area contributed by atoms with E-state index in [-0.39, 0.29) is 17.3 Å². The van der Waals surface area contributed by atoms with E-state index in [9.17, 15) is 14.4 Å². The van der Waals surface area contributed by atoms with Gasteiger partial charge in [-0.3, -0.25) is 14.4 Å². The lowest BCUT2D eigenvalue weighted by molar-refractivity contribution is -0.116. The molecule has 3 nitrogen and oxygen atoms in total. The van der Waals surface area contributed by atoms with Gasteiger partial charge in [0.2, 0.25) is 0 Å². The molecule has 0 aromatic heterocycles. The number of allylic oxidation sites excluding steroid dienone is 4. The van der Waals surface area contributed by atoms with Gasteiger partial charge >= 0.3 is 0 Å². The van der Waals surface area contributed by atoms with E-state index in [0.717, 1.165) is 29.6 Å². The van der Waals surface area contributed by atoms with Crippen LogP contribution in [0.1, 0.15) is 57.9 Å². The van der Waals surface area contributed by atoms with E-state index < -0.39 is 5.92 Å². The van der Waals surface area contributed by atoms with Gasteiger partial charge in [0, 0.05) is 40.2 Å². The number of rotatable bonds is 1. The Labute approximate surface area is 157 Å². The molecule has 0 radical (unpaired) electrons. The van der Waals surface area contributed by atoms with Gasteiger partial charge in [-0.2, -0.15) is 0 Å². The van der Waals surface area contributed by atoms with Gasteiger partial charge in [-0.05, 0) is 24.8 Å². The molecule has 0 fully saturated rings. The molecule has 1 unspecified atom stereocenters. The van der Waals surface area contributed by atoms with E-state index in [2.05, 4.69) is 0 Å². The summed E-state index contributed by atoms with van der Waals surface area (Å²) in [6.45, 7) is 0. The van der Waals surface area contributed by atoms with Crippen molar-refractivity contribution in [2.75, 3.05) is 0 Å². The summed E-state index contributed by atoms with van der Waals surface area (Å²) >= 11 is 0. The fourth-order valence-electron chi connectivity index (χ4n) is 4.74. The summed E-state index contributed by atoms with van der Waals surface area (Å²) in [7, 11) is 0. The van der Waals surface area contributed by atoms with Crippen LogP contribution < -0.4 is 0 Å². The molecule has 3 aliphatic carbocycles. The van der Waals surface area contributed by atoms with Crippen molar-refractivity contribution in [3.63, 3.8) is 0 Å². The number of fused-ring (bicyclic) bond motifs is 1. The number of carbonyl (C=O) groups excluding carboxylic acids is 3. The first-order valence-corrected chi connectivity index (χ1v) is 9.38. The molecule has 132 valence electrons. The number of ketones is 3. The van der Waals surface area contributed by atoms with Gasteiger partial charge in [-0.1, -0.05) is 60.2 Å². The summed E-state index contributed by atoms with van der Waals surface area (Å²) in [6, 6.07) is 16.7. The topological polar surface area (TPSA) is 51.2 Å². The number of carbonyl (C=O) groups is 3. The van der Waals surface area contributed by atoms with Crippen LogP contribution in [-0.2, 0) is 4.79 Å². The Morgan fingerprint density at radius 1 is 0.704 bits per heavy atom. The number of benzene rings is 2. The van der Waals surface area contributed by atoms with Crippen LogP contribution in [0.5, 0.6) is 0 Å². The zero-order valence-electron chi connectivity index (χ0n) is 14.8. The fraction of sp³-hybridized carbons (Fsp3) is 0.208. The quantitative estimate of drug-likeness (QED) is 0.752. The molecule has 0 amide bonds. The Bertz CT molecular complexity index is 1070. The van der Waals surface area contributed by atoms with Crippen molar-refractivity contribution in [1.82, 2.24) is 0 Å². The molecule has 2 aromatic carbocycles. The molecule has 0 saturated carbocycles. The van der Waals surface area contributed by atoms with E-state index in [4.69, 9.17) is 0 Å². The van der Waals surface area contributed by atoms with Crippen LogP contribution in [0, 0.1) is 0 Å². The maximum atomic E-state index is 13.4. The van der Waals surface area contributed by atoms with Crippen molar-refractivity contribution in [2.45, 2.75) is 31.6 Å². The smallest absolute Gasteiger partial charge is 0.191 e. The van der Waals surface area contributed by atoms with Gasteiger partial charge in [0.1, 0.15) is 0 Å². The molecule has 0 spiro atoms. The van der Waals surface area contributed by atoms with Gasteiger partial charge in [-0.25, -0.2) is 0 Å². The fourth-order valence-corrected chi connectivity index (χ4v) is 4.74. The Morgan fingerprint density at radius 3 is 2.11 bits per heavy atom. The van der Waals surface area contributed by atoms with Crippen LogP contribution >= 0.6 is 0 Å². The average molecular weight is 354 g/mol. The monoisotopic (exact) mass is 354 g/mol. The van der Waals surface area contributed by atoms with Gasteiger partial charge in [0.25, 0.3) is 0 Å². The Kier molecular flexibility index (Phi) is 3.57. The van der Waals surface area contributed by atoms with Crippen LogP contribution in [-0.4, -0.2) is 17.3 Å². The number of hydrogen-bond donors (Lipinski definition) is 0. The standard InChI is InChI=1S/C24H18O3/c25-19-12-6-9-15-13-18-22(21(20(15)19)14-7-2-1-3-8-14)24(27)17-11-5-4-10-16(17)23(18)26/h1-5,7-8,10-11,21H,6,9,12-13H2. The maximum Gasteiger partial charge on any atom is 0.191 e. The third-order valence-corrected chi connectivity index (χ3v) is 5.92. The molecule has 0 heterocycles. The molecule has 0 bridgehead atoms. The van der Waals surface area contributed by atoms with Crippen LogP contribution in [0.4, 0.5) is 0 Å². The van der Waals surface area contributed by atoms with Gasteiger partial charge in [0.15, 0.2) is 17.3 Å². The molecule has 27 heavy (non-hydrogen) atoms. The molecular weight excluding hydrogens is 336 g/mol. The lowest BCUT2D eigenvalue weighted by Crippen LogP contribution is -2.33. The first-order chi connectivity index (χ1) is 13.2. The largest absolute Gasteiger partial charge is 0.295 e. The Morgan fingerprint density at radius 2 is 1.37 bits per heavy atom. The summed E-state index contributed by atoms with van der Waals surface area (Å²) in [5, 5.41) is 0. The second-order valence-corrected chi connectivity index (χ2v) is 7.41. The summed E-state index contributed by atoms with van der Waals surface area (Å²) in [5.74, 6) is -0.483. The third kappa shape index (κ3) is 2.31. The van der Waals surface area contributed by atoms with Crippen molar-refractivity contribution in [3.05, 3.63) is 93.6 Å². The minimum Gasteiger partial charge on any atom is -0.295 e. The molecule has 0 N–H and O–H groups in total. The van der Waals surface area contributed by atoms with E-state index >= 15 is 0 Å². The summed E-state index contributed by atoms with van der Waals surface area (Å²) in [5.41, 5.74) is 4.74. The van der Waals surface area contributed by atoms with Crippen LogP contribution in [0.15, 0.2) is 76.9 Å². The maximum absolute atomic E-state index is 13.4. The predicted octanol–water partition coefficient (Wildman–Crippen LogP) is 4.60. The minimum atomic E-state index is -0.428. The zero-order chi connectivity index (χ0) is 18.5. The van der Waals surface area contributed by atoms with Gasteiger partial charge < -0.3 is 0 Å². The Hall–Kier alpha value is -3.07. The normalized spacial score (nSPS) is 21.8. The molecule has 3 heteroatoms. The van der Waals surface area contributed by atoms with Crippen molar-refractivity contribution in [3.8, 4) is 0 Å². The molecular formula is C24H18O3. The molecule has 0 aliphatic heterocycles. The second-order valence-electron chi connectivity index (χ2n) is 7.41. The van der Waals surface area contributed by atoms with E-state index in [1.165, 1.54) is 0 Å². The van der Waals surface area contributed by atoms with Gasteiger partial charge in [-0.15, -0.1) is 0 Å². The Balaban J connectivity index is 1.77. The first-order valence-electron chi connectivity index (χ1n) is 9.38. The lowest BCUT2D eigenvalue weighted by Gasteiger charge is -2.36. The third-order valence-electron chi connectivity index (χ3n) is 5.92. The van der Waals surface area contributed by atoms with Gasteiger partial charge in [0.05, 0.1) is 0 Å². The zero-order valence-corrected chi connectivity index (χ0v) is 14.8. The molecule has 1 atom stereocenters. The number of Topliss-reactive ketones (excluding diaryl/α,β-unsaturated/α-hetero) is 3. The highest BCUT2D eigenvalue weighted by atomic mass is 16.1. The first kappa shape index (κ1) is 16.1. The van der Waals surface area contributed by atoms with Crippen molar-refractivity contribution in [2.24, 2.45) is 0 Å². The number of hydrogen-bond acceptors (Lipinski definition) is 3. The van der Waals surface area contributed by atoms with Crippen molar-refractivity contribution in [1.29, 1.82) is 0 Å². The van der Waals surface area contributed by atoms with Crippen LogP contribution in [0.2, 0.25) is 0 Å². The molecule has 3 aliphatic rings. The highest BCUT2D eigenvalue weighted by molar-refractivity contribution is 6.28. The summed E-state index contributed by atoms with van der Waals surface area (Å²) in [4.78, 5) is 39.5. The average Bonchev–Trinajstić information content (AvgIpc) is 2.71. The van der Waals surface area contributed by atoms with Crippen molar-refractivity contribution >= 4 is 17.3 Å². The predicted molar refractivity (Wildman–Crippen MR) is 102 cm³/mol. The highest BCUT2D eigenvalue weighted by Gasteiger charge is 2.43. The van der Waals surface area contributed by atoms with Crippen LogP contribution in [0.25, 0.3) is 0 Å². The van der Waals surface area contributed by atoms with E-state index in [1.54, 1.807) is 24.3 Å². The van der Waals surface area contributed by atoms with Crippen LogP contribution in [0.3, 0.4) is 0 Å². The SMILES string of the molecule is O=C1CCCC2=C1C(c1ccccc1)C1=C(C2)C(=O)c2ccccc2C1=O. The van der Waals surface area contributed by atoms with Crippen molar-refractivity contribution < 1.29 is 14.4 Å².